The van der Waals surface area contributed by atoms with Crippen LogP contribution in [0, 0.1) is 5.92 Å². The Labute approximate surface area is 207 Å². The number of thioether (sulfide) groups is 1. The van der Waals surface area contributed by atoms with Gasteiger partial charge in [-0.15, -0.1) is 0 Å². The van der Waals surface area contributed by atoms with Gasteiger partial charge in [0.1, 0.15) is 6.54 Å². The van der Waals surface area contributed by atoms with Gasteiger partial charge in [0.05, 0.1) is 10.6 Å². The Balaban J connectivity index is 1.38. The van der Waals surface area contributed by atoms with Crippen molar-refractivity contribution in [1.29, 1.82) is 0 Å². The lowest BCUT2D eigenvalue weighted by atomic mass is 10.0. The summed E-state index contributed by atoms with van der Waals surface area (Å²) in [5.74, 6) is 0.521. The van der Waals surface area contributed by atoms with E-state index in [2.05, 4.69) is 36.2 Å². The molecule has 1 saturated heterocycles. The first kappa shape index (κ1) is 24.6. The van der Waals surface area contributed by atoms with Gasteiger partial charge in [0.15, 0.2) is 0 Å². The Morgan fingerprint density at radius 2 is 1.97 bits per heavy atom. The molecule has 0 saturated carbocycles. The van der Waals surface area contributed by atoms with Crippen molar-refractivity contribution in [3.05, 3.63) is 64.6 Å². The second-order valence-corrected chi connectivity index (χ2v) is 10.4. The Bertz CT molecular complexity index is 1030. The first-order valence-corrected chi connectivity index (χ1v) is 13.2. The summed E-state index contributed by atoms with van der Waals surface area (Å²) < 4.78 is 0. The van der Waals surface area contributed by atoms with Gasteiger partial charge in [-0.1, -0.05) is 62.0 Å². The van der Waals surface area contributed by atoms with Crippen LogP contribution in [0.5, 0.6) is 0 Å². The van der Waals surface area contributed by atoms with E-state index in [0.29, 0.717) is 11.4 Å². The zero-order valence-corrected chi connectivity index (χ0v) is 21.1. The number of piperidine rings is 1. The minimum Gasteiger partial charge on any atom is -0.355 e. The van der Waals surface area contributed by atoms with Crippen LogP contribution in [-0.4, -0.2) is 49.4 Å². The SMILES string of the molecule is CCc1ccc(C=C2Sc3ccccc3N(CC(=O)NCCCN3CCCC(C)C3)C2=O)cc1. The minimum atomic E-state index is -0.124. The molecule has 0 spiro atoms. The summed E-state index contributed by atoms with van der Waals surface area (Å²) in [4.78, 5) is 31.9. The van der Waals surface area contributed by atoms with Crippen LogP contribution in [0.3, 0.4) is 0 Å². The maximum Gasteiger partial charge on any atom is 0.265 e. The number of aryl methyl sites for hydroxylation is 1. The van der Waals surface area contributed by atoms with Crippen molar-refractivity contribution in [2.75, 3.05) is 37.6 Å². The van der Waals surface area contributed by atoms with Gasteiger partial charge in [-0.25, -0.2) is 0 Å². The predicted octanol–water partition coefficient (Wildman–Crippen LogP) is 4.97. The molecule has 0 radical (unpaired) electrons. The number of para-hydroxylation sites is 1. The lowest BCUT2D eigenvalue weighted by Gasteiger charge is -2.31. The average Bonchev–Trinajstić information content (AvgIpc) is 2.85. The molecule has 34 heavy (non-hydrogen) atoms. The van der Waals surface area contributed by atoms with Crippen LogP contribution >= 0.6 is 11.8 Å². The zero-order valence-electron chi connectivity index (χ0n) is 20.3. The number of hydrogen-bond donors (Lipinski definition) is 1. The van der Waals surface area contributed by atoms with Gasteiger partial charge in [0.2, 0.25) is 5.91 Å². The Kier molecular flexibility index (Phi) is 8.46. The molecule has 5 nitrogen and oxygen atoms in total. The lowest BCUT2D eigenvalue weighted by Crippen LogP contribution is -2.43. The molecule has 2 aliphatic rings. The topological polar surface area (TPSA) is 52.7 Å². The number of nitrogens with zero attached hydrogens (tertiary/aromatic N) is 2. The van der Waals surface area contributed by atoms with Crippen LogP contribution in [0.1, 0.15) is 44.2 Å². The van der Waals surface area contributed by atoms with Crippen molar-refractivity contribution >= 4 is 35.3 Å². The van der Waals surface area contributed by atoms with Gasteiger partial charge in [-0.2, -0.15) is 0 Å². The van der Waals surface area contributed by atoms with E-state index in [9.17, 15) is 9.59 Å². The summed E-state index contributed by atoms with van der Waals surface area (Å²) >= 11 is 1.47. The van der Waals surface area contributed by atoms with Gasteiger partial charge in [0, 0.05) is 18.0 Å². The van der Waals surface area contributed by atoms with Gasteiger partial charge in [-0.3, -0.25) is 14.5 Å². The number of rotatable bonds is 8. The number of nitrogens with one attached hydrogen (secondary N) is 1. The smallest absolute Gasteiger partial charge is 0.265 e. The van der Waals surface area contributed by atoms with Crippen LogP contribution in [0.25, 0.3) is 6.08 Å². The predicted molar refractivity (Wildman–Crippen MR) is 141 cm³/mol. The second kappa shape index (κ2) is 11.7. The summed E-state index contributed by atoms with van der Waals surface area (Å²) in [6, 6.07) is 16.1. The molecule has 2 aromatic rings. The third-order valence-electron chi connectivity index (χ3n) is 6.53. The van der Waals surface area contributed by atoms with E-state index in [4.69, 9.17) is 0 Å². The van der Waals surface area contributed by atoms with Gasteiger partial charge in [0.25, 0.3) is 5.91 Å². The number of anilines is 1. The number of carbonyl (C=O) groups is 2. The fourth-order valence-corrected chi connectivity index (χ4v) is 5.70. The maximum atomic E-state index is 13.4. The highest BCUT2D eigenvalue weighted by atomic mass is 32.2. The largest absolute Gasteiger partial charge is 0.355 e. The number of carbonyl (C=O) groups excluding carboxylic acids is 2. The van der Waals surface area contributed by atoms with E-state index in [-0.39, 0.29) is 18.4 Å². The van der Waals surface area contributed by atoms with Crippen molar-refractivity contribution in [2.45, 2.75) is 44.4 Å². The molecule has 0 aliphatic carbocycles. The zero-order chi connectivity index (χ0) is 23.9. The van der Waals surface area contributed by atoms with Gasteiger partial charge >= 0.3 is 0 Å². The third-order valence-corrected chi connectivity index (χ3v) is 7.61. The molecular weight excluding hydrogens is 442 g/mol. The molecule has 1 unspecified atom stereocenters. The van der Waals surface area contributed by atoms with Crippen LogP contribution in [0.15, 0.2) is 58.3 Å². The summed E-state index contributed by atoms with van der Waals surface area (Å²) in [5.41, 5.74) is 3.06. The van der Waals surface area contributed by atoms with E-state index in [1.807, 2.05) is 42.5 Å². The summed E-state index contributed by atoms with van der Waals surface area (Å²) in [6.07, 6.45) is 6.42. The highest BCUT2D eigenvalue weighted by Gasteiger charge is 2.30. The Morgan fingerprint density at radius 1 is 1.18 bits per heavy atom. The van der Waals surface area contributed by atoms with E-state index in [1.165, 1.54) is 30.2 Å². The number of likely N-dealkylation sites (tertiary alicyclic amines) is 1. The van der Waals surface area contributed by atoms with Crippen molar-refractivity contribution in [2.24, 2.45) is 5.92 Å². The van der Waals surface area contributed by atoms with Gasteiger partial charge in [-0.05, 0) is 74.0 Å². The first-order valence-electron chi connectivity index (χ1n) is 12.4. The number of fused-ring (bicyclic) bond motifs is 1. The molecule has 180 valence electrons. The van der Waals surface area contributed by atoms with Crippen molar-refractivity contribution in [3.8, 4) is 0 Å². The highest BCUT2D eigenvalue weighted by Crippen LogP contribution is 2.41. The van der Waals surface area contributed by atoms with Gasteiger partial charge < -0.3 is 10.2 Å². The monoisotopic (exact) mass is 477 g/mol. The quantitative estimate of drug-likeness (QED) is 0.431. The third kappa shape index (κ3) is 6.30. The normalized spacial score (nSPS) is 19.8. The molecule has 6 heteroatoms. The average molecular weight is 478 g/mol. The van der Waals surface area contributed by atoms with E-state index in [0.717, 1.165) is 54.5 Å². The molecule has 4 rings (SSSR count). The Hall–Kier alpha value is -2.57. The molecule has 1 fully saturated rings. The molecule has 1 N–H and O–H groups in total. The van der Waals surface area contributed by atoms with Crippen LogP contribution < -0.4 is 10.2 Å². The molecule has 0 bridgehead atoms. The summed E-state index contributed by atoms with van der Waals surface area (Å²) in [7, 11) is 0. The number of benzene rings is 2. The van der Waals surface area contributed by atoms with E-state index < -0.39 is 0 Å². The molecular formula is C28H35N3O2S. The number of amides is 2. The van der Waals surface area contributed by atoms with E-state index >= 15 is 0 Å². The first-order chi connectivity index (χ1) is 16.5. The summed E-state index contributed by atoms with van der Waals surface area (Å²) in [5, 5.41) is 3.02. The molecule has 2 aromatic carbocycles. The molecule has 2 heterocycles. The second-order valence-electron chi connectivity index (χ2n) is 9.32. The molecule has 2 amide bonds. The highest BCUT2D eigenvalue weighted by molar-refractivity contribution is 8.04. The standard InChI is InChI=1S/C28H35N3O2S/c1-3-22-11-13-23(14-12-22)18-26-28(33)31(24-9-4-5-10-25(24)34-26)20-27(32)29-15-7-17-30-16-6-8-21(2)19-30/h4-5,9-14,18,21H,3,6-8,15-17,19-20H2,1-2H3,(H,29,32). The van der Waals surface area contributed by atoms with Crippen molar-refractivity contribution < 1.29 is 9.59 Å². The van der Waals surface area contributed by atoms with Crippen molar-refractivity contribution in [3.63, 3.8) is 0 Å². The minimum absolute atomic E-state index is 0.0310. The van der Waals surface area contributed by atoms with Crippen molar-refractivity contribution in [1.82, 2.24) is 10.2 Å². The molecule has 1 atom stereocenters. The lowest BCUT2D eigenvalue weighted by molar-refractivity contribution is -0.122. The number of hydrogen-bond acceptors (Lipinski definition) is 4. The molecule has 2 aliphatic heterocycles. The van der Waals surface area contributed by atoms with Crippen LogP contribution in [0.4, 0.5) is 5.69 Å². The van der Waals surface area contributed by atoms with Crippen LogP contribution in [-0.2, 0) is 16.0 Å². The molecule has 0 aromatic heterocycles. The maximum absolute atomic E-state index is 13.4. The fourth-order valence-electron chi connectivity index (χ4n) is 4.64. The van der Waals surface area contributed by atoms with E-state index in [1.54, 1.807) is 4.90 Å². The fraction of sp³-hybridized carbons (Fsp3) is 0.429. The Morgan fingerprint density at radius 3 is 2.74 bits per heavy atom. The van der Waals surface area contributed by atoms with Crippen LogP contribution in [0.2, 0.25) is 0 Å². The summed E-state index contributed by atoms with van der Waals surface area (Å²) in [6.45, 7) is 8.42.